The SMILES string of the molecule is CC(=O)c1ccc(-c2ccc3c(c2O)C(=O)C2C(=O)[C@]4(O)C(=O)C(C(N)=O)C(=O)C(N(C)C)[C@@H]4[C@@H](O)[C@@H]2[C@H]3C)cc1. The van der Waals surface area contributed by atoms with Crippen LogP contribution in [0.5, 0.6) is 5.75 Å². The molecule has 5 rings (SSSR count). The van der Waals surface area contributed by atoms with Crippen molar-refractivity contribution in [3.8, 4) is 16.9 Å². The maximum atomic E-state index is 14.0. The molecule has 2 aromatic carbocycles. The van der Waals surface area contributed by atoms with Gasteiger partial charge in [0.1, 0.15) is 5.75 Å². The molecule has 3 unspecified atom stereocenters. The molecular weight excluding hydrogens is 532 g/mol. The van der Waals surface area contributed by atoms with E-state index in [9.17, 15) is 44.1 Å². The lowest BCUT2D eigenvalue weighted by Crippen LogP contribution is -2.77. The van der Waals surface area contributed by atoms with Crippen molar-refractivity contribution in [1.29, 1.82) is 0 Å². The molecule has 2 aromatic rings. The van der Waals surface area contributed by atoms with Crippen LogP contribution in [0.1, 0.15) is 46.0 Å². The first-order chi connectivity index (χ1) is 19.2. The van der Waals surface area contributed by atoms with Crippen molar-refractivity contribution in [2.75, 3.05) is 14.1 Å². The largest absolute Gasteiger partial charge is 0.507 e. The molecule has 0 bridgehead atoms. The number of fused-ring (bicyclic) bond motifs is 3. The fourth-order valence-corrected chi connectivity index (χ4v) is 7.11. The first kappa shape index (κ1) is 28.5. The first-order valence-electron chi connectivity index (χ1n) is 13.2. The van der Waals surface area contributed by atoms with E-state index in [4.69, 9.17) is 5.73 Å². The van der Waals surface area contributed by atoms with Gasteiger partial charge in [-0.15, -0.1) is 0 Å². The predicted octanol–water partition coefficient (Wildman–Crippen LogP) is 0.268. The van der Waals surface area contributed by atoms with E-state index in [1.54, 1.807) is 43.3 Å². The Morgan fingerprint density at radius 1 is 0.976 bits per heavy atom. The number of rotatable bonds is 4. The smallest absolute Gasteiger partial charge is 0.235 e. The molecule has 2 saturated carbocycles. The zero-order valence-corrected chi connectivity index (χ0v) is 22.8. The van der Waals surface area contributed by atoms with E-state index in [-0.39, 0.29) is 16.9 Å². The van der Waals surface area contributed by atoms with E-state index in [0.29, 0.717) is 16.7 Å². The third-order valence-corrected chi connectivity index (χ3v) is 9.09. The lowest BCUT2D eigenvalue weighted by atomic mass is 9.49. The first-order valence-corrected chi connectivity index (χ1v) is 13.2. The van der Waals surface area contributed by atoms with Crippen LogP contribution in [0, 0.1) is 23.7 Å². The second-order valence-corrected chi connectivity index (χ2v) is 11.4. The van der Waals surface area contributed by atoms with Crippen molar-refractivity contribution in [2.45, 2.75) is 37.5 Å². The van der Waals surface area contributed by atoms with Gasteiger partial charge >= 0.3 is 0 Å². The highest BCUT2D eigenvalue weighted by atomic mass is 16.3. The molecule has 8 atom stereocenters. The van der Waals surface area contributed by atoms with Crippen LogP contribution in [0.4, 0.5) is 0 Å². The monoisotopic (exact) mass is 562 g/mol. The number of phenolic OH excluding ortho intramolecular Hbond substituents is 1. The summed E-state index contributed by atoms with van der Waals surface area (Å²) in [6, 6.07) is 8.10. The molecule has 214 valence electrons. The third-order valence-electron chi connectivity index (χ3n) is 9.09. The van der Waals surface area contributed by atoms with Gasteiger partial charge in [0.25, 0.3) is 0 Å². The summed E-state index contributed by atoms with van der Waals surface area (Å²) in [4.78, 5) is 79.8. The lowest BCUT2D eigenvalue weighted by Gasteiger charge is -2.56. The van der Waals surface area contributed by atoms with Crippen LogP contribution in [-0.2, 0) is 19.2 Å². The topological polar surface area (TPSA) is 192 Å². The number of benzene rings is 2. The van der Waals surface area contributed by atoms with E-state index in [1.807, 2.05) is 0 Å². The Morgan fingerprint density at radius 2 is 1.59 bits per heavy atom. The molecule has 0 saturated heterocycles. The van der Waals surface area contributed by atoms with Crippen molar-refractivity contribution in [1.82, 2.24) is 4.90 Å². The molecule has 1 amide bonds. The molecule has 11 nitrogen and oxygen atoms in total. The number of nitrogens with two attached hydrogens (primary N) is 1. The minimum absolute atomic E-state index is 0.152. The number of aliphatic hydroxyl groups excluding tert-OH is 1. The van der Waals surface area contributed by atoms with E-state index >= 15 is 0 Å². The second kappa shape index (κ2) is 9.51. The number of nitrogens with zero attached hydrogens (tertiary/aromatic N) is 1. The number of hydrogen-bond donors (Lipinski definition) is 4. The summed E-state index contributed by atoms with van der Waals surface area (Å²) >= 11 is 0. The van der Waals surface area contributed by atoms with Crippen LogP contribution in [0.3, 0.4) is 0 Å². The molecule has 0 aromatic heterocycles. The average molecular weight is 563 g/mol. The van der Waals surface area contributed by atoms with Crippen molar-refractivity contribution < 1.29 is 44.1 Å². The van der Waals surface area contributed by atoms with E-state index in [1.165, 1.54) is 25.9 Å². The number of carbonyl (C=O) groups is 6. The average Bonchev–Trinajstić information content (AvgIpc) is 2.90. The van der Waals surface area contributed by atoms with Gasteiger partial charge in [-0.05, 0) is 38.1 Å². The number of Topliss-reactive ketones (excluding diaryl/α,β-unsaturated/α-hetero) is 5. The van der Waals surface area contributed by atoms with Gasteiger partial charge in [0.2, 0.25) is 5.91 Å². The minimum atomic E-state index is -3.05. The number of hydrogen-bond acceptors (Lipinski definition) is 10. The van der Waals surface area contributed by atoms with Gasteiger partial charge in [-0.2, -0.15) is 0 Å². The number of aliphatic hydroxyl groups is 2. The number of phenols is 1. The molecule has 2 fully saturated rings. The maximum absolute atomic E-state index is 14.0. The van der Waals surface area contributed by atoms with Crippen LogP contribution >= 0.6 is 0 Å². The number of ketones is 5. The summed E-state index contributed by atoms with van der Waals surface area (Å²) < 4.78 is 0. The van der Waals surface area contributed by atoms with Crippen LogP contribution in [0.15, 0.2) is 36.4 Å². The summed E-state index contributed by atoms with van der Waals surface area (Å²) in [6.07, 6.45) is -1.69. The molecule has 0 spiro atoms. The minimum Gasteiger partial charge on any atom is -0.507 e. The zero-order chi connectivity index (χ0) is 30.3. The van der Waals surface area contributed by atoms with Gasteiger partial charge in [0.05, 0.1) is 29.5 Å². The molecule has 0 heterocycles. The van der Waals surface area contributed by atoms with Crippen LogP contribution < -0.4 is 5.73 Å². The highest BCUT2D eigenvalue weighted by Crippen LogP contribution is 2.55. The third kappa shape index (κ3) is 3.76. The Labute approximate surface area is 234 Å². The summed E-state index contributed by atoms with van der Waals surface area (Å²) in [6.45, 7) is 3.06. The van der Waals surface area contributed by atoms with Gasteiger partial charge in [0, 0.05) is 17.0 Å². The Bertz CT molecular complexity index is 1550. The van der Waals surface area contributed by atoms with Crippen LogP contribution in [0.2, 0.25) is 0 Å². The summed E-state index contributed by atoms with van der Waals surface area (Å²) in [5.41, 5.74) is 3.63. The van der Waals surface area contributed by atoms with Gasteiger partial charge in [-0.25, -0.2) is 0 Å². The van der Waals surface area contributed by atoms with Crippen LogP contribution in [0.25, 0.3) is 11.1 Å². The summed E-state index contributed by atoms with van der Waals surface area (Å²) in [5, 5.41) is 34.7. The molecule has 5 N–H and O–H groups in total. The Morgan fingerprint density at radius 3 is 2.12 bits per heavy atom. The molecule has 0 radical (unpaired) electrons. The normalized spacial score (nSPS) is 32.8. The number of primary amides is 1. The van der Waals surface area contributed by atoms with Crippen molar-refractivity contribution >= 4 is 34.8 Å². The van der Waals surface area contributed by atoms with Crippen LogP contribution in [-0.4, -0.2) is 86.9 Å². The molecule has 0 aliphatic heterocycles. The molecule has 41 heavy (non-hydrogen) atoms. The number of likely N-dealkylation sites (N-methyl/N-ethyl adjacent to an activating group) is 1. The Balaban J connectivity index is 1.67. The zero-order valence-electron chi connectivity index (χ0n) is 22.8. The maximum Gasteiger partial charge on any atom is 0.235 e. The standard InChI is InChI=1S/C30H30N2O9/c1-11-15-9-10-16(14-7-5-13(6-8-14)12(2)33)23(34)18(15)24(35)19-17(11)25(36)21-22(32(3)4)26(37)20(29(31)40)28(39)30(21,41)27(19)38/h5-11,17,19-22,25,34,36,41H,1-4H3,(H2,31,40)/t11-,17+,19?,20?,21+,22?,25-,30-/m0/s1. The molecular formula is C30H30N2O9. The van der Waals surface area contributed by atoms with Gasteiger partial charge in [-0.3, -0.25) is 33.7 Å². The second-order valence-electron chi connectivity index (χ2n) is 11.4. The lowest BCUT2D eigenvalue weighted by molar-refractivity contribution is -0.196. The quantitative estimate of drug-likeness (QED) is 0.297. The predicted molar refractivity (Wildman–Crippen MR) is 143 cm³/mol. The van der Waals surface area contributed by atoms with E-state index in [2.05, 4.69) is 0 Å². The number of amides is 1. The fraction of sp³-hybridized carbons (Fsp3) is 0.400. The summed E-state index contributed by atoms with van der Waals surface area (Å²) in [7, 11) is 2.88. The van der Waals surface area contributed by atoms with Crippen molar-refractivity contribution in [2.24, 2.45) is 29.4 Å². The van der Waals surface area contributed by atoms with Gasteiger partial charge in [0.15, 0.2) is 40.4 Å². The van der Waals surface area contributed by atoms with Crippen molar-refractivity contribution in [3.63, 3.8) is 0 Å². The fourth-order valence-electron chi connectivity index (χ4n) is 7.11. The van der Waals surface area contributed by atoms with E-state index in [0.717, 1.165) is 0 Å². The molecule has 3 aliphatic rings. The molecule has 3 aliphatic carbocycles. The highest BCUT2D eigenvalue weighted by Gasteiger charge is 2.72. The van der Waals surface area contributed by atoms with Crippen molar-refractivity contribution in [3.05, 3.63) is 53.1 Å². The van der Waals surface area contributed by atoms with Gasteiger partial charge in [-0.1, -0.05) is 43.3 Å². The highest BCUT2D eigenvalue weighted by molar-refractivity contribution is 6.32. The molecule has 11 heteroatoms. The Kier molecular flexibility index (Phi) is 6.60. The van der Waals surface area contributed by atoms with E-state index < -0.39 is 82.1 Å². The summed E-state index contributed by atoms with van der Waals surface area (Å²) in [5.74, 6) is -13.9. The van der Waals surface area contributed by atoms with Gasteiger partial charge < -0.3 is 21.1 Å². The Hall–Kier alpha value is -4.06. The number of aromatic hydroxyl groups is 1. The number of carbonyl (C=O) groups excluding carboxylic acids is 6.